The molecule has 100 valence electrons. The molecule has 5 nitrogen and oxygen atoms in total. The number of thioether (sulfide) groups is 1. The zero-order chi connectivity index (χ0) is 13.6. The fraction of sp³-hybridized carbons (Fsp3) is 0.364. The van der Waals surface area contributed by atoms with E-state index in [-0.39, 0.29) is 11.3 Å². The summed E-state index contributed by atoms with van der Waals surface area (Å²) in [5.74, 6) is -0.372. The Balaban J connectivity index is 2.65. The number of aliphatic carboxylic acids is 1. The van der Waals surface area contributed by atoms with Crippen LogP contribution in [0, 0.1) is 0 Å². The van der Waals surface area contributed by atoms with Crippen LogP contribution in [0.15, 0.2) is 34.1 Å². The van der Waals surface area contributed by atoms with Gasteiger partial charge in [0.1, 0.15) is 0 Å². The second-order valence-corrected chi connectivity index (χ2v) is 6.40. The van der Waals surface area contributed by atoms with Crippen LogP contribution in [0.25, 0.3) is 0 Å². The molecular formula is C11H15NO4S2. The number of carbonyl (C=O) groups is 1. The van der Waals surface area contributed by atoms with Crippen molar-refractivity contribution in [1.29, 1.82) is 0 Å². The van der Waals surface area contributed by atoms with Crippen LogP contribution in [-0.2, 0) is 14.8 Å². The number of hydrogen-bond acceptors (Lipinski definition) is 4. The smallest absolute Gasteiger partial charge is 0.304 e. The van der Waals surface area contributed by atoms with Crippen molar-refractivity contribution >= 4 is 27.8 Å². The molecule has 1 rings (SSSR count). The van der Waals surface area contributed by atoms with Gasteiger partial charge in [-0.2, -0.15) is 0 Å². The van der Waals surface area contributed by atoms with Crippen LogP contribution in [0.5, 0.6) is 0 Å². The zero-order valence-corrected chi connectivity index (χ0v) is 11.6. The molecule has 0 saturated carbocycles. The molecule has 0 saturated heterocycles. The fourth-order valence-corrected chi connectivity index (χ4v) is 3.13. The zero-order valence-electron chi connectivity index (χ0n) is 9.92. The Hall–Kier alpha value is -1.05. The summed E-state index contributed by atoms with van der Waals surface area (Å²) in [4.78, 5) is 11.4. The molecule has 0 aromatic heterocycles. The topological polar surface area (TPSA) is 83.5 Å². The van der Waals surface area contributed by atoms with Crippen molar-refractivity contribution < 1.29 is 18.3 Å². The number of sulfonamides is 1. The minimum absolute atomic E-state index is 0.0854. The van der Waals surface area contributed by atoms with E-state index in [1.807, 2.05) is 0 Å². The van der Waals surface area contributed by atoms with Gasteiger partial charge in [-0.15, -0.1) is 11.8 Å². The molecule has 0 heterocycles. The average molecular weight is 289 g/mol. The normalized spacial score (nSPS) is 11.4. The van der Waals surface area contributed by atoms with E-state index in [4.69, 9.17) is 5.11 Å². The highest BCUT2D eigenvalue weighted by atomic mass is 32.2. The minimum atomic E-state index is -3.41. The molecule has 1 aromatic rings. The van der Waals surface area contributed by atoms with Crippen molar-refractivity contribution in [3.8, 4) is 0 Å². The highest BCUT2D eigenvalue weighted by Gasteiger charge is 2.11. The van der Waals surface area contributed by atoms with Gasteiger partial charge in [-0.3, -0.25) is 4.79 Å². The summed E-state index contributed by atoms with van der Waals surface area (Å²) in [6, 6.07) is 6.38. The Labute approximate surface area is 111 Å². The molecule has 0 atom stereocenters. The molecule has 0 aliphatic rings. The molecule has 0 spiro atoms. The maximum absolute atomic E-state index is 11.7. The maximum atomic E-state index is 11.7. The Morgan fingerprint density at radius 2 is 1.94 bits per heavy atom. The monoisotopic (exact) mass is 289 g/mol. The SMILES string of the molecule is CCNS(=O)(=O)c1ccc(SCCC(=O)O)cc1. The molecular weight excluding hydrogens is 274 g/mol. The van der Waals surface area contributed by atoms with Gasteiger partial charge in [-0.1, -0.05) is 6.92 Å². The second kappa shape index (κ2) is 6.77. The van der Waals surface area contributed by atoms with E-state index >= 15 is 0 Å². The number of carboxylic acids is 1. The number of carboxylic acid groups (broad SMARTS) is 1. The summed E-state index contributed by atoms with van der Waals surface area (Å²) in [6.45, 7) is 2.06. The van der Waals surface area contributed by atoms with Crippen LogP contribution in [-0.4, -0.2) is 31.8 Å². The summed E-state index contributed by atoms with van der Waals surface area (Å²) in [5.41, 5.74) is 0. The molecule has 0 aliphatic carbocycles. The third-order valence-electron chi connectivity index (χ3n) is 2.05. The minimum Gasteiger partial charge on any atom is -0.481 e. The largest absolute Gasteiger partial charge is 0.481 e. The molecule has 1 aromatic carbocycles. The Bertz CT molecular complexity index is 496. The van der Waals surface area contributed by atoms with E-state index in [0.717, 1.165) is 4.90 Å². The molecule has 0 radical (unpaired) electrons. The summed E-state index contributed by atoms with van der Waals surface area (Å²) < 4.78 is 25.7. The fourth-order valence-electron chi connectivity index (χ4n) is 1.24. The van der Waals surface area contributed by atoms with E-state index in [9.17, 15) is 13.2 Å². The lowest BCUT2D eigenvalue weighted by Gasteiger charge is -2.05. The lowest BCUT2D eigenvalue weighted by Crippen LogP contribution is -2.22. The number of rotatable bonds is 7. The van der Waals surface area contributed by atoms with Crippen molar-refractivity contribution in [2.24, 2.45) is 0 Å². The predicted octanol–water partition coefficient (Wildman–Crippen LogP) is 1.55. The van der Waals surface area contributed by atoms with Crippen molar-refractivity contribution in [2.45, 2.75) is 23.1 Å². The molecule has 0 unspecified atom stereocenters. The molecule has 0 bridgehead atoms. The Morgan fingerprint density at radius 1 is 1.33 bits per heavy atom. The maximum Gasteiger partial charge on any atom is 0.304 e. The highest BCUT2D eigenvalue weighted by molar-refractivity contribution is 7.99. The van der Waals surface area contributed by atoms with Crippen LogP contribution in [0.4, 0.5) is 0 Å². The van der Waals surface area contributed by atoms with Gasteiger partial charge >= 0.3 is 5.97 Å². The lowest BCUT2D eigenvalue weighted by molar-refractivity contribution is -0.136. The standard InChI is InChI=1S/C11H15NO4S2/c1-2-12-18(15,16)10-5-3-9(4-6-10)17-8-7-11(13)14/h3-6,12H,2,7-8H2,1H3,(H,13,14). The van der Waals surface area contributed by atoms with E-state index < -0.39 is 16.0 Å². The van der Waals surface area contributed by atoms with Crippen molar-refractivity contribution in [2.75, 3.05) is 12.3 Å². The molecule has 0 aliphatic heterocycles. The molecule has 7 heteroatoms. The first-order valence-corrected chi connectivity index (χ1v) is 7.87. The number of hydrogen-bond donors (Lipinski definition) is 2. The van der Waals surface area contributed by atoms with Crippen LogP contribution in [0.2, 0.25) is 0 Å². The first-order valence-electron chi connectivity index (χ1n) is 5.40. The van der Waals surface area contributed by atoms with Gasteiger partial charge in [0.15, 0.2) is 0 Å². The predicted molar refractivity (Wildman–Crippen MR) is 70.3 cm³/mol. The molecule has 0 amide bonds. The third kappa shape index (κ3) is 4.67. The molecule has 0 fully saturated rings. The van der Waals surface area contributed by atoms with Crippen LogP contribution < -0.4 is 4.72 Å². The van der Waals surface area contributed by atoms with Gasteiger partial charge in [0.05, 0.1) is 11.3 Å². The van der Waals surface area contributed by atoms with E-state index in [1.54, 1.807) is 19.1 Å². The quantitative estimate of drug-likeness (QED) is 0.744. The third-order valence-corrected chi connectivity index (χ3v) is 4.63. The van der Waals surface area contributed by atoms with Gasteiger partial charge in [-0.05, 0) is 24.3 Å². The summed E-state index contributed by atoms with van der Waals surface area (Å²) in [7, 11) is -3.41. The van der Waals surface area contributed by atoms with Crippen LogP contribution >= 0.6 is 11.8 Å². The summed E-state index contributed by atoms with van der Waals surface area (Å²) in [6.07, 6.45) is 0.0854. The van der Waals surface area contributed by atoms with E-state index in [0.29, 0.717) is 12.3 Å². The Kier molecular flexibility index (Phi) is 5.64. The number of benzene rings is 1. The van der Waals surface area contributed by atoms with Gasteiger partial charge < -0.3 is 5.11 Å². The molecule has 18 heavy (non-hydrogen) atoms. The first kappa shape index (κ1) is 15.0. The van der Waals surface area contributed by atoms with Crippen LogP contribution in [0.1, 0.15) is 13.3 Å². The van der Waals surface area contributed by atoms with E-state index in [2.05, 4.69) is 4.72 Å². The summed E-state index contributed by atoms with van der Waals surface area (Å²) in [5, 5.41) is 8.50. The van der Waals surface area contributed by atoms with Gasteiger partial charge in [0.25, 0.3) is 0 Å². The lowest BCUT2D eigenvalue weighted by atomic mass is 10.4. The summed E-state index contributed by atoms with van der Waals surface area (Å²) >= 11 is 1.39. The Morgan fingerprint density at radius 3 is 2.44 bits per heavy atom. The van der Waals surface area contributed by atoms with Crippen molar-refractivity contribution in [1.82, 2.24) is 4.72 Å². The van der Waals surface area contributed by atoms with Gasteiger partial charge in [0.2, 0.25) is 10.0 Å². The highest BCUT2D eigenvalue weighted by Crippen LogP contribution is 2.20. The molecule has 2 N–H and O–H groups in total. The van der Waals surface area contributed by atoms with E-state index in [1.165, 1.54) is 23.9 Å². The van der Waals surface area contributed by atoms with Gasteiger partial charge in [0, 0.05) is 17.2 Å². The van der Waals surface area contributed by atoms with Gasteiger partial charge in [-0.25, -0.2) is 13.1 Å². The second-order valence-electron chi connectivity index (χ2n) is 3.46. The van der Waals surface area contributed by atoms with Crippen molar-refractivity contribution in [3.05, 3.63) is 24.3 Å². The van der Waals surface area contributed by atoms with Crippen molar-refractivity contribution in [3.63, 3.8) is 0 Å². The number of nitrogens with one attached hydrogen (secondary N) is 1. The van der Waals surface area contributed by atoms with Crippen LogP contribution in [0.3, 0.4) is 0 Å². The average Bonchev–Trinajstić information content (AvgIpc) is 2.29. The first-order chi connectivity index (χ1) is 8.45.